The minimum atomic E-state index is -0.779. The number of fused-ring (bicyclic) bond motifs is 8. The first-order valence-electron chi connectivity index (χ1n) is 34.5. The van der Waals surface area contributed by atoms with Gasteiger partial charge in [0, 0.05) is 76.3 Å². The fourth-order valence-corrected chi connectivity index (χ4v) is 16.8. The van der Waals surface area contributed by atoms with Crippen LogP contribution in [0.2, 0.25) is 0 Å². The summed E-state index contributed by atoms with van der Waals surface area (Å²) in [5.74, 6) is 4.60. The van der Waals surface area contributed by atoms with E-state index < -0.39 is 12.5 Å². The molecule has 0 bridgehead atoms. The fraction of sp³-hybridized carbons (Fsp3) is 0.603. The lowest BCUT2D eigenvalue weighted by molar-refractivity contribution is 0.0524. The largest absolute Gasteiger partial charge is 0.493 e. The van der Waals surface area contributed by atoms with Crippen LogP contribution in [0.1, 0.15) is 169 Å². The molecule has 4 spiro atoms. The van der Waals surface area contributed by atoms with Crippen molar-refractivity contribution in [3.05, 3.63) is 76.3 Å². The van der Waals surface area contributed by atoms with Gasteiger partial charge in [0.25, 0.3) is 23.6 Å². The van der Waals surface area contributed by atoms with Crippen molar-refractivity contribution in [1.29, 1.82) is 0 Å². The molecule has 2 N–H and O–H groups in total. The summed E-state index contributed by atoms with van der Waals surface area (Å²) in [6.45, 7) is 5.09. The smallest absolute Gasteiger partial charge is 0.256 e. The number of carbonyl (C=O) groups excluding carboxylic acids is 4. The summed E-state index contributed by atoms with van der Waals surface area (Å²) in [6, 6.07) is 14.6. The molecule has 6 atom stereocenters. The Morgan fingerprint density at radius 2 is 0.819 bits per heavy atom. The number of hydrogen-bond acceptors (Lipinski definition) is 17. The molecule has 2 unspecified atom stereocenters. The number of rotatable bonds is 20. The molecule has 4 aliphatic carbocycles. The van der Waals surface area contributed by atoms with E-state index in [4.69, 9.17) is 42.9 Å². The topological polar surface area (TPSA) is 214 Å². The van der Waals surface area contributed by atoms with Gasteiger partial charge in [-0.1, -0.05) is 0 Å². The zero-order valence-electron chi connectivity index (χ0n) is 55.4. The van der Waals surface area contributed by atoms with Crippen LogP contribution in [0.25, 0.3) is 0 Å². The highest BCUT2D eigenvalue weighted by Gasteiger charge is 2.59. The zero-order chi connectivity index (χ0) is 65.0. The van der Waals surface area contributed by atoms with E-state index in [1.807, 2.05) is 70.2 Å². The summed E-state index contributed by atoms with van der Waals surface area (Å²) in [6.07, 6.45) is 20.5. The lowest BCUT2D eigenvalue weighted by atomic mass is 9.97. The fourth-order valence-electron chi connectivity index (χ4n) is 16.8. The van der Waals surface area contributed by atoms with Gasteiger partial charge in [0.15, 0.2) is 46.0 Å². The van der Waals surface area contributed by atoms with Crippen molar-refractivity contribution in [1.82, 2.24) is 19.6 Å². The molecule has 4 saturated carbocycles. The van der Waals surface area contributed by atoms with Crippen LogP contribution >= 0.6 is 0 Å². The van der Waals surface area contributed by atoms with E-state index >= 15 is 0 Å². The molecular formula is C73H91N7O14. The van der Waals surface area contributed by atoms with Crippen molar-refractivity contribution in [3.8, 4) is 46.0 Å². The van der Waals surface area contributed by atoms with E-state index in [2.05, 4.69) is 4.90 Å². The minimum absolute atomic E-state index is 0.0171. The van der Waals surface area contributed by atoms with Gasteiger partial charge >= 0.3 is 0 Å². The third-order valence-corrected chi connectivity index (χ3v) is 23.3. The number of benzene rings is 4. The number of carbonyl (C=O) groups is 4. The Morgan fingerprint density at radius 1 is 0.436 bits per heavy atom. The van der Waals surface area contributed by atoms with Gasteiger partial charge in [-0.05, 0) is 186 Å². The van der Waals surface area contributed by atoms with Crippen LogP contribution in [-0.4, -0.2) is 191 Å². The maximum absolute atomic E-state index is 13.6. The number of ether oxygens (including phenoxy) is 8. The van der Waals surface area contributed by atoms with E-state index in [1.54, 1.807) is 51.5 Å². The Balaban J connectivity index is 0.000000155. The molecule has 16 rings (SSSR count). The van der Waals surface area contributed by atoms with Crippen molar-refractivity contribution >= 4 is 46.9 Å². The Hall–Kier alpha value is -7.65. The molecule has 502 valence electrons. The minimum Gasteiger partial charge on any atom is -0.493 e. The SMILES string of the molecule is COc1cc2c(cc1OCCCCCOc1cc3c(cc1OC)C(=O)N1CC4(CC4)C[C@H]1C(O)N3C)CC[C@@H]1CC3(CC3)CN1C2=O.COc1cc2c(cc1OCCCCCOc1cc3c(cc1OC)C(=O)N1CC4(CC4)C[C@H]1C(O)N3C)N=C[C@@H]1CC3(CC3)CN1C2=O. The zero-order valence-corrected chi connectivity index (χ0v) is 55.4. The molecule has 94 heavy (non-hydrogen) atoms. The van der Waals surface area contributed by atoms with Crippen LogP contribution in [0, 0.1) is 21.7 Å². The van der Waals surface area contributed by atoms with Gasteiger partial charge in [-0.25, -0.2) is 0 Å². The number of anilines is 2. The molecule has 4 aromatic carbocycles. The number of methoxy groups -OCH3 is 4. The quantitative estimate of drug-likeness (QED) is 0.0788. The third kappa shape index (κ3) is 11.4. The molecule has 4 amide bonds. The molecule has 4 aromatic rings. The molecule has 21 heteroatoms. The van der Waals surface area contributed by atoms with E-state index in [0.717, 1.165) is 127 Å². The van der Waals surface area contributed by atoms with Gasteiger partial charge in [-0.2, -0.15) is 0 Å². The Morgan fingerprint density at radius 3 is 1.29 bits per heavy atom. The number of likely N-dealkylation sites (N-methyl/N-ethyl adjacent to an activating group) is 2. The summed E-state index contributed by atoms with van der Waals surface area (Å²) in [5.41, 5.74) is 6.49. The van der Waals surface area contributed by atoms with Gasteiger partial charge in [0.2, 0.25) is 0 Å². The van der Waals surface area contributed by atoms with E-state index in [9.17, 15) is 29.4 Å². The number of hydrogen-bond donors (Lipinski definition) is 2. The molecule has 0 aromatic heterocycles. The van der Waals surface area contributed by atoms with E-state index in [1.165, 1.54) is 25.7 Å². The number of aliphatic imine (C=N–C) groups is 1. The number of aryl methyl sites for hydroxylation is 1. The number of amides is 4. The first kappa shape index (κ1) is 62.5. The van der Waals surface area contributed by atoms with Crippen molar-refractivity contribution < 1.29 is 67.3 Å². The van der Waals surface area contributed by atoms with Crippen LogP contribution in [0.3, 0.4) is 0 Å². The third-order valence-electron chi connectivity index (χ3n) is 23.3. The lowest BCUT2D eigenvalue weighted by Gasteiger charge is -2.31. The van der Waals surface area contributed by atoms with Crippen molar-refractivity contribution in [2.75, 3.05) is 105 Å². The maximum atomic E-state index is 13.6. The van der Waals surface area contributed by atoms with Gasteiger partial charge < -0.3 is 77.5 Å². The molecule has 8 aliphatic heterocycles. The predicted octanol–water partition coefficient (Wildman–Crippen LogP) is 9.84. The second-order valence-corrected chi connectivity index (χ2v) is 29.5. The summed E-state index contributed by atoms with van der Waals surface area (Å²) in [7, 11) is 10.1. The highest BCUT2D eigenvalue weighted by atomic mass is 16.5. The van der Waals surface area contributed by atoms with Crippen LogP contribution in [0.5, 0.6) is 46.0 Å². The second-order valence-electron chi connectivity index (χ2n) is 29.5. The molecule has 21 nitrogen and oxygen atoms in total. The van der Waals surface area contributed by atoms with Crippen LogP contribution in [-0.2, 0) is 6.42 Å². The Bertz CT molecular complexity index is 3690. The molecule has 4 saturated heterocycles. The molecule has 0 radical (unpaired) electrons. The summed E-state index contributed by atoms with van der Waals surface area (Å²) < 4.78 is 47.2. The Kier molecular flexibility index (Phi) is 16.1. The van der Waals surface area contributed by atoms with Crippen molar-refractivity contribution in [3.63, 3.8) is 0 Å². The average Bonchev–Trinajstić information content (AvgIpc) is 1.59. The van der Waals surface area contributed by atoms with Crippen LogP contribution in [0.4, 0.5) is 17.1 Å². The lowest BCUT2D eigenvalue weighted by Crippen LogP contribution is -2.47. The highest BCUT2D eigenvalue weighted by Crippen LogP contribution is 2.60. The summed E-state index contributed by atoms with van der Waals surface area (Å²) in [5, 5.41) is 22.5. The Labute approximate surface area is 550 Å². The number of unbranched alkanes of at least 4 members (excludes halogenated alkanes) is 4. The van der Waals surface area contributed by atoms with Gasteiger partial charge in [-0.15, -0.1) is 0 Å². The number of nitrogens with zero attached hydrogens (tertiary/aromatic N) is 7. The van der Waals surface area contributed by atoms with Crippen LogP contribution in [0.15, 0.2) is 53.5 Å². The first-order valence-corrected chi connectivity index (χ1v) is 34.5. The van der Waals surface area contributed by atoms with Crippen molar-refractivity contribution in [2.24, 2.45) is 26.7 Å². The van der Waals surface area contributed by atoms with Gasteiger partial charge in [0.05, 0.1) is 107 Å². The van der Waals surface area contributed by atoms with E-state index in [0.29, 0.717) is 136 Å². The standard InChI is InChI=1S/C37H47N3O7.C36H44N4O7/c1-38-27-18-32(30(45-3)17-26(27)34(42)40-22-37(11-12-37)20-28(40)35(38)43)47-14-6-4-5-13-46-31-15-23-7-8-24-19-36(9-10-36)21-39(24)33(41)25(23)16-29(31)44-2;1-38-26-16-31(29(45-3)14-24(26)33(42)40-21-36(9-10-36)18-27(40)34(38)43)47-12-6-4-5-11-46-30-15-25-23(13-28(30)44-2)32(41)39-20-35(7-8-35)17-22(39)19-37-25/h15-18,24,28,35,43H,4-14,19-22H2,1-3H3;13-16,19,22,27,34,43H,4-12,17-18,20-21H2,1-3H3/t24-,28+,35?;22-,27-,34?/m10/s1. The second kappa shape index (κ2) is 24.2. The monoisotopic (exact) mass is 1290 g/mol. The van der Waals surface area contributed by atoms with Gasteiger partial charge in [0.1, 0.15) is 12.5 Å². The molecule has 12 aliphatic rings. The molecular weight excluding hydrogens is 1200 g/mol. The molecule has 8 heterocycles. The van der Waals surface area contributed by atoms with E-state index in [-0.39, 0.29) is 52.6 Å². The molecule has 8 fully saturated rings. The first-order chi connectivity index (χ1) is 45.5. The normalized spacial score (nSPS) is 25.8. The maximum Gasteiger partial charge on any atom is 0.256 e. The summed E-state index contributed by atoms with van der Waals surface area (Å²) in [4.78, 5) is 70.3. The van der Waals surface area contributed by atoms with Gasteiger partial charge in [-0.3, -0.25) is 24.2 Å². The number of aliphatic hydroxyl groups is 2. The van der Waals surface area contributed by atoms with Crippen molar-refractivity contribution in [2.45, 2.75) is 165 Å². The average molecular weight is 1290 g/mol. The highest BCUT2D eigenvalue weighted by molar-refractivity contribution is 6.05. The summed E-state index contributed by atoms with van der Waals surface area (Å²) >= 11 is 0. The van der Waals surface area contributed by atoms with Crippen LogP contribution < -0.4 is 47.7 Å². The number of aliphatic hydroxyl groups excluding tert-OH is 2. The predicted molar refractivity (Wildman–Crippen MR) is 351 cm³/mol.